The van der Waals surface area contributed by atoms with E-state index in [0.717, 1.165) is 5.56 Å². The first-order valence-corrected chi connectivity index (χ1v) is 7.12. The predicted molar refractivity (Wildman–Crippen MR) is 87.5 cm³/mol. The van der Waals surface area contributed by atoms with Gasteiger partial charge in [-0.15, -0.1) is 0 Å². The van der Waals surface area contributed by atoms with Crippen molar-refractivity contribution >= 4 is 41.3 Å². The smallest absolute Gasteiger partial charge is 0.239 e. The van der Waals surface area contributed by atoms with Gasteiger partial charge < -0.3 is 4.74 Å². The minimum Gasteiger partial charge on any atom is -0.484 e. The average molecular weight is 334 g/mol. The van der Waals surface area contributed by atoms with Crippen LogP contribution in [0.2, 0.25) is 10.0 Å². The lowest BCUT2D eigenvalue weighted by molar-refractivity contribution is 0.104. The molecule has 0 saturated carbocycles. The Labute approximate surface area is 138 Å². The fourth-order valence-electron chi connectivity index (χ4n) is 1.77. The van der Waals surface area contributed by atoms with Gasteiger partial charge in [0.25, 0.3) is 0 Å². The van der Waals surface area contributed by atoms with Crippen molar-refractivity contribution in [2.45, 2.75) is 0 Å². The third kappa shape index (κ3) is 3.97. The molecule has 0 bridgehead atoms. The minimum atomic E-state index is -0.274. The van der Waals surface area contributed by atoms with Crippen molar-refractivity contribution in [2.24, 2.45) is 0 Å². The fourth-order valence-corrected chi connectivity index (χ4v) is 2.24. The zero-order chi connectivity index (χ0) is 15.9. The van der Waals surface area contributed by atoms with E-state index in [2.05, 4.69) is 0 Å². The molecule has 0 N–H and O–H groups in total. The summed E-state index contributed by atoms with van der Waals surface area (Å²) < 4.78 is 5.06. The summed E-state index contributed by atoms with van der Waals surface area (Å²) in [6.07, 6.45) is 4.70. The molecule has 5 heteroatoms. The molecule has 2 rings (SSSR count). The molecule has 0 unspecified atom stereocenters. The second kappa shape index (κ2) is 7.78. The molecule has 0 atom stereocenters. The summed E-state index contributed by atoms with van der Waals surface area (Å²) in [4.78, 5) is 22.4. The zero-order valence-corrected chi connectivity index (χ0v) is 12.9. The number of rotatable bonds is 6. The number of hydrogen-bond donors (Lipinski definition) is 0. The summed E-state index contributed by atoms with van der Waals surface area (Å²) in [7, 11) is 0. The molecular weight excluding hydrogens is 323 g/mol. The Morgan fingerprint density at radius 2 is 1.82 bits per heavy atom. The van der Waals surface area contributed by atoms with Crippen molar-refractivity contribution in [3.8, 4) is 5.75 Å². The van der Waals surface area contributed by atoms with Gasteiger partial charge in [0.1, 0.15) is 10.8 Å². The second-order valence-corrected chi connectivity index (χ2v) is 5.04. The summed E-state index contributed by atoms with van der Waals surface area (Å²) in [5, 5.41) is 0.184. The van der Waals surface area contributed by atoms with Crippen LogP contribution in [0, 0.1) is 0 Å². The normalized spacial score (nSPS) is 10.6. The number of benzene rings is 2. The van der Waals surface area contributed by atoms with Gasteiger partial charge in [0.15, 0.2) is 12.4 Å². The standard InChI is InChI=1S/C17H11Cl2O3/c18-16-13(7-9-15(17(16)19)22-11-10-20)14(21)8-6-12-4-2-1-3-5-12/h1-9H,11H2/b8-6+. The monoisotopic (exact) mass is 333 g/mol. The molecule has 0 amide bonds. The van der Waals surface area contributed by atoms with Crippen LogP contribution in [0.15, 0.2) is 48.5 Å². The SMILES string of the molecule is O=[C]COc1ccc(C(=O)/C=C/c2ccccc2)c(Cl)c1Cl. The Morgan fingerprint density at radius 1 is 1.09 bits per heavy atom. The number of halogens is 2. The summed E-state index contributed by atoms with van der Waals surface area (Å²) >= 11 is 12.1. The van der Waals surface area contributed by atoms with E-state index in [0.29, 0.717) is 0 Å². The first-order valence-electron chi connectivity index (χ1n) is 6.36. The molecule has 0 aromatic heterocycles. The lowest BCUT2D eigenvalue weighted by atomic mass is 10.1. The average Bonchev–Trinajstić information content (AvgIpc) is 2.55. The molecule has 0 aliphatic carbocycles. The Morgan fingerprint density at radius 3 is 2.50 bits per heavy atom. The largest absolute Gasteiger partial charge is 0.484 e. The third-order valence-electron chi connectivity index (χ3n) is 2.83. The Hall–Kier alpha value is -2.10. The lowest BCUT2D eigenvalue weighted by Crippen LogP contribution is -2.01. The summed E-state index contributed by atoms with van der Waals surface area (Å²) in [5.74, 6) is -0.0390. The molecule has 0 saturated heterocycles. The van der Waals surface area contributed by atoms with Crippen molar-refractivity contribution in [3.05, 3.63) is 69.7 Å². The topological polar surface area (TPSA) is 43.4 Å². The highest BCUT2D eigenvalue weighted by molar-refractivity contribution is 6.45. The fraction of sp³-hybridized carbons (Fsp3) is 0.0588. The van der Waals surface area contributed by atoms with Gasteiger partial charge in [0.2, 0.25) is 6.29 Å². The number of carbonyl (C=O) groups is 1. The number of allylic oxidation sites excluding steroid dienone is 1. The van der Waals surface area contributed by atoms with Crippen molar-refractivity contribution in [2.75, 3.05) is 6.61 Å². The maximum Gasteiger partial charge on any atom is 0.239 e. The van der Waals surface area contributed by atoms with E-state index in [1.807, 2.05) is 30.3 Å². The van der Waals surface area contributed by atoms with Crippen LogP contribution in [0.1, 0.15) is 15.9 Å². The van der Waals surface area contributed by atoms with E-state index in [9.17, 15) is 9.59 Å². The van der Waals surface area contributed by atoms with Gasteiger partial charge in [-0.3, -0.25) is 9.59 Å². The van der Waals surface area contributed by atoms with Crippen LogP contribution < -0.4 is 4.74 Å². The highest BCUT2D eigenvalue weighted by Crippen LogP contribution is 2.35. The van der Waals surface area contributed by atoms with Gasteiger partial charge >= 0.3 is 0 Å². The van der Waals surface area contributed by atoms with E-state index in [1.54, 1.807) is 12.4 Å². The number of ketones is 1. The van der Waals surface area contributed by atoms with E-state index in [1.165, 1.54) is 18.2 Å². The van der Waals surface area contributed by atoms with E-state index in [-0.39, 0.29) is 33.7 Å². The molecule has 0 fully saturated rings. The second-order valence-electron chi connectivity index (χ2n) is 4.28. The maximum absolute atomic E-state index is 12.2. The van der Waals surface area contributed by atoms with Crippen molar-refractivity contribution in [3.63, 3.8) is 0 Å². The third-order valence-corrected chi connectivity index (χ3v) is 3.69. The summed E-state index contributed by atoms with van der Waals surface area (Å²) in [6, 6.07) is 12.4. The molecule has 0 aliphatic heterocycles. The molecule has 0 aliphatic rings. The van der Waals surface area contributed by atoms with Gasteiger partial charge in [-0.2, -0.15) is 0 Å². The summed E-state index contributed by atoms with van der Waals surface area (Å²) in [6.45, 7) is -0.253. The van der Waals surface area contributed by atoms with Crippen molar-refractivity contribution in [1.82, 2.24) is 0 Å². The van der Waals surface area contributed by atoms with Gasteiger partial charge in [-0.25, -0.2) is 0 Å². The molecule has 22 heavy (non-hydrogen) atoms. The lowest BCUT2D eigenvalue weighted by Gasteiger charge is -2.08. The van der Waals surface area contributed by atoms with Crippen molar-refractivity contribution in [1.29, 1.82) is 0 Å². The predicted octanol–water partition coefficient (Wildman–Crippen LogP) is 4.38. The highest BCUT2D eigenvalue weighted by atomic mass is 35.5. The molecule has 0 spiro atoms. The molecule has 111 valence electrons. The first-order chi connectivity index (χ1) is 10.6. The quantitative estimate of drug-likeness (QED) is 0.582. The first kappa shape index (κ1) is 16.3. The Bertz CT molecular complexity index is 709. The summed E-state index contributed by atoms with van der Waals surface area (Å²) in [5.41, 5.74) is 1.17. The molecular formula is C17H11Cl2O3. The minimum absolute atomic E-state index is 0.0905. The van der Waals surface area contributed by atoms with Gasteiger partial charge in [-0.05, 0) is 23.8 Å². The zero-order valence-electron chi connectivity index (χ0n) is 11.4. The van der Waals surface area contributed by atoms with Crippen LogP contribution in [0.3, 0.4) is 0 Å². The number of carbonyl (C=O) groups excluding carboxylic acids is 2. The van der Waals surface area contributed by atoms with Crippen LogP contribution in [0.4, 0.5) is 0 Å². The number of hydrogen-bond acceptors (Lipinski definition) is 3. The van der Waals surface area contributed by atoms with E-state index < -0.39 is 0 Å². The highest BCUT2D eigenvalue weighted by Gasteiger charge is 2.15. The van der Waals surface area contributed by atoms with E-state index in [4.69, 9.17) is 27.9 Å². The van der Waals surface area contributed by atoms with Crippen LogP contribution in [-0.2, 0) is 4.79 Å². The molecule has 0 heterocycles. The van der Waals surface area contributed by atoms with Crippen LogP contribution in [0.25, 0.3) is 6.08 Å². The molecule has 3 nitrogen and oxygen atoms in total. The van der Waals surface area contributed by atoms with Crippen LogP contribution in [0.5, 0.6) is 5.75 Å². The van der Waals surface area contributed by atoms with Crippen molar-refractivity contribution < 1.29 is 14.3 Å². The van der Waals surface area contributed by atoms with Gasteiger partial charge in [0.05, 0.1) is 5.02 Å². The van der Waals surface area contributed by atoms with Crippen LogP contribution >= 0.6 is 23.2 Å². The molecule has 2 aromatic rings. The van der Waals surface area contributed by atoms with E-state index >= 15 is 0 Å². The number of ether oxygens (including phenoxy) is 1. The molecule has 1 radical (unpaired) electrons. The van der Waals surface area contributed by atoms with Crippen LogP contribution in [-0.4, -0.2) is 18.7 Å². The Balaban J connectivity index is 2.21. The van der Waals surface area contributed by atoms with Gasteiger partial charge in [-0.1, -0.05) is 59.6 Å². The molecule has 2 aromatic carbocycles. The van der Waals surface area contributed by atoms with Gasteiger partial charge in [0, 0.05) is 5.56 Å². The Kier molecular flexibility index (Phi) is 5.75. The maximum atomic E-state index is 12.2.